The number of amides is 1. The molecule has 39 heavy (non-hydrogen) atoms. The number of halogens is 2. The van der Waals surface area contributed by atoms with Gasteiger partial charge in [0, 0.05) is 18.6 Å². The molecule has 0 bridgehead atoms. The van der Waals surface area contributed by atoms with Crippen molar-refractivity contribution < 1.29 is 28.9 Å². The highest BCUT2D eigenvalue weighted by Gasteiger charge is 2.24. The molecule has 2 N–H and O–H groups in total. The third-order valence-corrected chi connectivity index (χ3v) is 7.30. The van der Waals surface area contributed by atoms with Crippen molar-refractivity contribution in [2.24, 2.45) is 0 Å². The molecule has 7 nitrogen and oxygen atoms in total. The number of aliphatic carboxylic acids is 1. The molecule has 1 atom stereocenters. The van der Waals surface area contributed by atoms with Crippen LogP contribution in [-0.2, 0) is 17.8 Å². The van der Waals surface area contributed by atoms with Gasteiger partial charge in [0.25, 0.3) is 5.91 Å². The molecule has 0 aliphatic carbocycles. The predicted molar refractivity (Wildman–Crippen MR) is 153 cm³/mol. The van der Waals surface area contributed by atoms with Crippen LogP contribution in [0.3, 0.4) is 0 Å². The van der Waals surface area contributed by atoms with Gasteiger partial charge in [0.2, 0.25) is 0 Å². The summed E-state index contributed by atoms with van der Waals surface area (Å²) < 4.78 is 17.2. The first-order chi connectivity index (χ1) is 18.8. The fourth-order valence-corrected chi connectivity index (χ4v) is 5.21. The smallest absolute Gasteiger partial charge is 0.326 e. The number of methoxy groups -OCH3 is 2. The standard InChI is InChI=1S/C29H25Cl2NO6S/c1-36-24-13-20(38-15-18-10-11-39-16-18)14-25(37-2)26(24)19-8-6-17(7-9-19)12-23(29(34)35)32-28(33)27-21(30)4-3-5-22(27)31/h3-11,13-14,16,23H,12,15H2,1-2H3,(H,32,33)(H,34,35)/t23-/m0/s1. The lowest BCUT2D eigenvalue weighted by Crippen LogP contribution is -2.42. The number of thiophene rings is 1. The molecule has 3 aromatic carbocycles. The number of hydrogen-bond acceptors (Lipinski definition) is 6. The van der Waals surface area contributed by atoms with Crippen molar-refractivity contribution in [3.05, 3.63) is 98.2 Å². The van der Waals surface area contributed by atoms with Crippen molar-refractivity contribution in [2.45, 2.75) is 19.1 Å². The van der Waals surface area contributed by atoms with E-state index in [0.717, 1.165) is 16.7 Å². The van der Waals surface area contributed by atoms with Gasteiger partial charge < -0.3 is 24.6 Å². The first-order valence-corrected chi connectivity index (χ1v) is 13.5. The molecule has 0 aliphatic heterocycles. The monoisotopic (exact) mass is 585 g/mol. The highest BCUT2D eigenvalue weighted by atomic mass is 35.5. The molecule has 4 aromatic rings. The number of carboxylic acids is 1. The van der Waals surface area contributed by atoms with E-state index >= 15 is 0 Å². The Morgan fingerprint density at radius 2 is 1.59 bits per heavy atom. The van der Waals surface area contributed by atoms with Crippen LogP contribution < -0.4 is 19.5 Å². The Bertz CT molecular complexity index is 1410. The second-order valence-corrected chi connectivity index (χ2v) is 10.1. The summed E-state index contributed by atoms with van der Waals surface area (Å²) >= 11 is 13.8. The van der Waals surface area contributed by atoms with Crippen LogP contribution in [0.15, 0.2) is 71.4 Å². The minimum Gasteiger partial charge on any atom is -0.496 e. The summed E-state index contributed by atoms with van der Waals surface area (Å²) in [6, 6.07) is 16.3. The molecule has 1 heterocycles. The van der Waals surface area contributed by atoms with Crippen molar-refractivity contribution in [3.8, 4) is 28.4 Å². The van der Waals surface area contributed by atoms with Crippen LogP contribution in [-0.4, -0.2) is 37.2 Å². The van der Waals surface area contributed by atoms with Gasteiger partial charge in [-0.2, -0.15) is 11.3 Å². The first-order valence-electron chi connectivity index (χ1n) is 11.8. The zero-order chi connectivity index (χ0) is 27.9. The van der Waals surface area contributed by atoms with Crippen LogP contribution in [0, 0.1) is 0 Å². The maximum absolute atomic E-state index is 12.7. The number of carbonyl (C=O) groups excluding carboxylic acids is 1. The maximum atomic E-state index is 12.7. The molecule has 202 valence electrons. The zero-order valence-corrected chi connectivity index (χ0v) is 23.4. The Morgan fingerprint density at radius 1 is 0.949 bits per heavy atom. The van der Waals surface area contributed by atoms with Crippen molar-refractivity contribution >= 4 is 46.4 Å². The third-order valence-electron chi connectivity index (χ3n) is 5.94. The van der Waals surface area contributed by atoms with Gasteiger partial charge in [-0.25, -0.2) is 4.79 Å². The molecule has 0 spiro atoms. The number of rotatable bonds is 11. The average Bonchev–Trinajstić information content (AvgIpc) is 3.45. The van der Waals surface area contributed by atoms with Gasteiger partial charge in [0.1, 0.15) is 29.9 Å². The van der Waals surface area contributed by atoms with Crippen LogP contribution >= 0.6 is 34.5 Å². The van der Waals surface area contributed by atoms with E-state index < -0.39 is 17.9 Å². The SMILES string of the molecule is COc1cc(OCc2ccsc2)cc(OC)c1-c1ccc(C[C@H](NC(=O)c2c(Cl)cccc2Cl)C(=O)O)cc1. The molecule has 0 saturated heterocycles. The second kappa shape index (κ2) is 12.9. The van der Waals surface area contributed by atoms with Crippen molar-refractivity contribution in [2.75, 3.05) is 14.2 Å². The van der Waals surface area contributed by atoms with Crippen molar-refractivity contribution in [1.29, 1.82) is 0 Å². The van der Waals surface area contributed by atoms with E-state index in [4.69, 9.17) is 37.4 Å². The number of nitrogens with one attached hydrogen (secondary N) is 1. The predicted octanol–water partition coefficient (Wildman–Crippen LogP) is 6.74. The number of hydrogen-bond donors (Lipinski definition) is 2. The van der Waals surface area contributed by atoms with Gasteiger partial charge in [-0.1, -0.05) is 53.5 Å². The summed E-state index contributed by atoms with van der Waals surface area (Å²) in [5, 5.41) is 16.6. The van der Waals surface area contributed by atoms with Crippen LogP contribution in [0.2, 0.25) is 10.0 Å². The number of benzene rings is 3. The molecule has 0 radical (unpaired) electrons. The Labute approximate surface area is 239 Å². The third kappa shape index (κ3) is 6.84. The summed E-state index contributed by atoms with van der Waals surface area (Å²) in [7, 11) is 3.14. The highest BCUT2D eigenvalue weighted by molar-refractivity contribution is 7.07. The number of ether oxygens (including phenoxy) is 3. The molecule has 0 aliphatic rings. The lowest BCUT2D eigenvalue weighted by Gasteiger charge is -2.18. The van der Waals surface area contributed by atoms with E-state index in [-0.39, 0.29) is 22.0 Å². The van der Waals surface area contributed by atoms with Gasteiger partial charge in [-0.15, -0.1) is 0 Å². The zero-order valence-electron chi connectivity index (χ0n) is 21.1. The molecule has 4 rings (SSSR count). The number of carbonyl (C=O) groups is 2. The molecular formula is C29H25Cl2NO6S. The van der Waals surface area contributed by atoms with Crippen LogP contribution in [0.5, 0.6) is 17.2 Å². The molecule has 0 fully saturated rings. The fourth-order valence-electron chi connectivity index (χ4n) is 3.99. The summed E-state index contributed by atoms with van der Waals surface area (Å²) in [5.74, 6) is -0.110. The van der Waals surface area contributed by atoms with E-state index in [0.29, 0.717) is 29.4 Å². The Hall–Kier alpha value is -3.72. The maximum Gasteiger partial charge on any atom is 0.326 e. The van der Waals surface area contributed by atoms with Crippen molar-refractivity contribution in [1.82, 2.24) is 5.32 Å². The number of carboxylic acid groups (broad SMARTS) is 1. The molecule has 1 aromatic heterocycles. The van der Waals surface area contributed by atoms with E-state index in [1.165, 1.54) is 12.1 Å². The van der Waals surface area contributed by atoms with Crippen LogP contribution in [0.4, 0.5) is 0 Å². The van der Waals surface area contributed by atoms with Crippen LogP contribution in [0.25, 0.3) is 11.1 Å². The molecule has 10 heteroatoms. The topological polar surface area (TPSA) is 94.1 Å². The van der Waals surface area contributed by atoms with Crippen molar-refractivity contribution in [3.63, 3.8) is 0 Å². The Kier molecular flexibility index (Phi) is 9.35. The summed E-state index contributed by atoms with van der Waals surface area (Å²) in [5.41, 5.74) is 3.33. The average molecular weight is 586 g/mol. The Morgan fingerprint density at radius 3 is 2.13 bits per heavy atom. The summed E-state index contributed by atoms with van der Waals surface area (Å²) in [4.78, 5) is 24.7. The molecule has 0 unspecified atom stereocenters. The minimum atomic E-state index is -1.19. The van der Waals surface area contributed by atoms with Gasteiger partial charge in [-0.3, -0.25) is 4.79 Å². The Balaban J connectivity index is 1.53. The molecule has 0 saturated carbocycles. The summed E-state index contributed by atoms with van der Waals surface area (Å²) in [6.45, 7) is 0.424. The van der Waals surface area contributed by atoms with Crippen LogP contribution in [0.1, 0.15) is 21.5 Å². The van der Waals surface area contributed by atoms with E-state index in [9.17, 15) is 14.7 Å². The highest BCUT2D eigenvalue weighted by Crippen LogP contribution is 2.42. The molecular weight excluding hydrogens is 561 g/mol. The second-order valence-electron chi connectivity index (χ2n) is 8.49. The van der Waals surface area contributed by atoms with Gasteiger partial charge in [0.05, 0.1) is 35.4 Å². The lowest BCUT2D eigenvalue weighted by atomic mass is 9.99. The summed E-state index contributed by atoms with van der Waals surface area (Å²) in [6.07, 6.45) is 0.0487. The van der Waals surface area contributed by atoms with E-state index in [1.807, 2.05) is 29.0 Å². The molecule has 1 amide bonds. The lowest BCUT2D eigenvalue weighted by molar-refractivity contribution is -0.139. The fraction of sp³-hybridized carbons (Fsp3) is 0.172. The largest absolute Gasteiger partial charge is 0.496 e. The quantitative estimate of drug-likeness (QED) is 0.202. The van der Waals surface area contributed by atoms with E-state index in [1.54, 1.807) is 55.9 Å². The van der Waals surface area contributed by atoms with Gasteiger partial charge >= 0.3 is 5.97 Å². The minimum absolute atomic E-state index is 0.0318. The van der Waals surface area contributed by atoms with E-state index in [2.05, 4.69) is 5.32 Å². The normalized spacial score (nSPS) is 11.5. The van der Waals surface area contributed by atoms with Gasteiger partial charge in [0.15, 0.2) is 0 Å². The first kappa shape index (κ1) is 28.3. The van der Waals surface area contributed by atoms with Gasteiger partial charge in [-0.05, 0) is 45.6 Å².